The average molecular weight is 395 g/mol. The van der Waals surface area contributed by atoms with Crippen LogP contribution >= 0.6 is 12.2 Å². The number of nitrogens with zero attached hydrogens (tertiary/aromatic N) is 3. The summed E-state index contributed by atoms with van der Waals surface area (Å²) in [5.41, 5.74) is 0.163. The van der Waals surface area contributed by atoms with Gasteiger partial charge in [-0.05, 0) is 48.1 Å². The average Bonchev–Trinajstić information content (AvgIpc) is 3.01. The molecule has 3 aromatic rings. The molecule has 0 fully saturated rings. The summed E-state index contributed by atoms with van der Waals surface area (Å²) in [6.07, 6.45) is -3.03. The Balaban J connectivity index is 1.62. The van der Waals surface area contributed by atoms with E-state index < -0.39 is 17.6 Å². The molecule has 0 radical (unpaired) electrons. The molecule has 0 saturated heterocycles. The van der Waals surface area contributed by atoms with Crippen LogP contribution in [0.25, 0.3) is 0 Å². The Labute approximate surface area is 157 Å². The van der Waals surface area contributed by atoms with E-state index in [1.807, 2.05) is 0 Å². The van der Waals surface area contributed by atoms with E-state index in [1.54, 1.807) is 12.1 Å². The number of halogens is 4. The molecule has 10 heteroatoms. The van der Waals surface area contributed by atoms with Crippen LogP contribution in [0, 0.1) is 5.82 Å². The quantitative estimate of drug-likeness (QED) is 0.510. The van der Waals surface area contributed by atoms with Gasteiger partial charge in [-0.15, -0.1) is 5.10 Å². The van der Waals surface area contributed by atoms with Crippen LogP contribution in [0.15, 0.2) is 54.9 Å². The number of aromatic nitrogens is 3. The summed E-state index contributed by atoms with van der Waals surface area (Å²) < 4.78 is 52.8. The zero-order valence-corrected chi connectivity index (χ0v) is 14.5. The van der Waals surface area contributed by atoms with Gasteiger partial charge in [0.05, 0.1) is 12.1 Å². The fraction of sp³-hybridized carbons (Fsp3) is 0.118. The van der Waals surface area contributed by atoms with Crippen molar-refractivity contribution in [1.82, 2.24) is 14.8 Å². The van der Waals surface area contributed by atoms with E-state index in [1.165, 1.54) is 35.3 Å². The van der Waals surface area contributed by atoms with Crippen molar-refractivity contribution < 1.29 is 17.6 Å². The predicted octanol–water partition coefficient (Wildman–Crippen LogP) is 4.29. The van der Waals surface area contributed by atoms with Crippen molar-refractivity contribution in [2.45, 2.75) is 12.7 Å². The molecule has 0 amide bonds. The largest absolute Gasteiger partial charge is 0.416 e. The lowest BCUT2D eigenvalue weighted by Crippen LogP contribution is -2.20. The molecule has 0 atom stereocenters. The molecule has 0 aliphatic rings. The molecule has 0 aliphatic heterocycles. The van der Waals surface area contributed by atoms with Gasteiger partial charge in [0.1, 0.15) is 12.1 Å². The number of nitrogens with one attached hydrogen (secondary N) is 2. The van der Waals surface area contributed by atoms with E-state index in [-0.39, 0.29) is 17.6 Å². The van der Waals surface area contributed by atoms with Gasteiger partial charge in [0.2, 0.25) is 5.95 Å². The number of thiocarbonyl (C=S) groups is 1. The number of anilines is 2. The van der Waals surface area contributed by atoms with Gasteiger partial charge in [0.15, 0.2) is 5.11 Å². The second-order valence-corrected chi connectivity index (χ2v) is 5.96. The van der Waals surface area contributed by atoms with E-state index in [4.69, 9.17) is 12.2 Å². The molecule has 0 saturated carbocycles. The maximum absolute atomic E-state index is 13.2. The number of alkyl halides is 3. The van der Waals surface area contributed by atoms with Crippen LogP contribution < -0.4 is 10.6 Å². The first-order valence-electron chi connectivity index (χ1n) is 7.69. The summed E-state index contributed by atoms with van der Waals surface area (Å²) in [4.78, 5) is 4.00. The Morgan fingerprint density at radius 1 is 1.07 bits per heavy atom. The highest BCUT2D eigenvalue weighted by atomic mass is 32.1. The minimum absolute atomic E-state index is 0.114. The molecular weight excluding hydrogens is 382 g/mol. The third-order valence-corrected chi connectivity index (χ3v) is 3.65. The Bertz CT molecular complexity index is 954. The van der Waals surface area contributed by atoms with E-state index in [0.717, 1.165) is 12.1 Å². The van der Waals surface area contributed by atoms with Crippen molar-refractivity contribution in [3.63, 3.8) is 0 Å². The fourth-order valence-corrected chi connectivity index (χ4v) is 2.50. The van der Waals surface area contributed by atoms with E-state index in [9.17, 15) is 17.6 Å². The fourth-order valence-electron chi connectivity index (χ4n) is 2.29. The zero-order valence-electron chi connectivity index (χ0n) is 13.7. The molecule has 3 rings (SSSR count). The second-order valence-electron chi connectivity index (χ2n) is 5.55. The third-order valence-electron chi connectivity index (χ3n) is 3.44. The van der Waals surface area contributed by atoms with Gasteiger partial charge in [0.25, 0.3) is 0 Å². The predicted molar refractivity (Wildman–Crippen MR) is 96.8 cm³/mol. The maximum Gasteiger partial charge on any atom is 0.416 e. The van der Waals surface area contributed by atoms with Crippen LogP contribution in [0.1, 0.15) is 11.1 Å². The van der Waals surface area contributed by atoms with Crippen molar-refractivity contribution in [3.05, 3.63) is 71.8 Å². The van der Waals surface area contributed by atoms with Crippen LogP contribution in [0.3, 0.4) is 0 Å². The highest BCUT2D eigenvalue weighted by Crippen LogP contribution is 2.29. The highest BCUT2D eigenvalue weighted by molar-refractivity contribution is 7.80. The minimum atomic E-state index is -4.40. The lowest BCUT2D eigenvalue weighted by molar-refractivity contribution is -0.137. The summed E-state index contributed by atoms with van der Waals surface area (Å²) in [6, 6.07) is 10.7. The maximum atomic E-state index is 13.2. The van der Waals surface area contributed by atoms with Crippen LogP contribution in [0.4, 0.5) is 29.2 Å². The molecule has 2 N–H and O–H groups in total. The van der Waals surface area contributed by atoms with E-state index >= 15 is 0 Å². The summed E-state index contributed by atoms with van der Waals surface area (Å²) in [7, 11) is 0. The molecular formula is C17H13F4N5S. The number of hydrogen-bond acceptors (Lipinski definition) is 3. The molecule has 140 valence electrons. The van der Waals surface area contributed by atoms with Gasteiger partial charge in [-0.25, -0.2) is 14.1 Å². The van der Waals surface area contributed by atoms with Crippen molar-refractivity contribution in [3.8, 4) is 0 Å². The van der Waals surface area contributed by atoms with Gasteiger partial charge in [-0.1, -0.05) is 18.2 Å². The Kier molecular flexibility index (Phi) is 5.36. The number of rotatable bonds is 4. The summed E-state index contributed by atoms with van der Waals surface area (Å²) in [5, 5.41) is 9.77. The van der Waals surface area contributed by atoms with Crippen LogP contribution in [0.5, 0.6) is 0 Å². The van der Waals surface area contributed by atoms with Gasteiger partial charge < -0.3 is 5.32 Å². The third kappa shape index (κ3) is 5.23. The Morgan fingerprint density at radius 2 is 1.85 bits per heavy atom. The molecule has 5 nitrogen and oxygen atoms in total. The Hall–Kier alpha value is -3.01. The molecule has 27 heavy (non-hydrogen) atoms. The standard InChI is InChI=1S/C17H13F4N5S/c18-13-5-2-6-14(8-13)23-16(27)24-15-22-10-26(25-15)9-11-3-1-4-12(7-11)17(19,20)21/h1-8,10H,9H2,(H2,23,24,25,27). The second kappa shape index (κ2) is 7.70. The molecule has 2 aromatic carbocycles. The van der Waals surface area contributed by atoms with Crippen LogP contribution in [0.2, 0.25) is 0 Å². The van der Waals surface area contributed by atoms with Crippen LogP contribution in [-0.2, 0) is 12.7 Å². The number of benzene rings is 2. The normalized spacial score (nSPS) is 11.3. The summed E-state index contributed by atoms with van der Waals surface area (Å²) in [6.45, 7) is 0.114. The van der Waals surface area contributed by atoms with Gasteiger partial charge in [-0.3, -0.25) is 5.32 Å². The summed E-state index contributed by atoms with van der Waals surface area (Å²) >= 11 is 5.10. The summed E-state index contributed by atoms with van der Waals surface area (Å²) in [5.74, 6) is -0.248. The monoisotopic (exact) mass is 395 g/mol. The number of hydrogen-bond donors (Lipinski definition) is 2. The smallest absolute Gasteiger partial charge is 0.332 e. The van der Waals surface area contributed by atoms with Crippen molar-refractivity contribution in [2.75, 3.05) is 10.6 Å². The molecule has 1 aromatic heterocycles. The minimum Gasteiger partial charge on any atom is -0.332 e. The van der Waals surface area contributed by atoms with Gasteiger partial charge >= 0.3 is 6.18 Å². The first-order chi connectivity index (χ1) is 12.8. The van der Waals surface area contributed by atoms with Crippen molar-refractivity contribution >= 4 is 29.0 Å². The highest BCUT2D eigenvalue weighted by Gasteiger charge is 2.30. The zero-order chi connectivity index (χ0) is 19.4. The molecule has 0 aliphatic carbocycles. The van der Waals surface area contributed by atoms with Crippen LogP contribution in [-0.4, -0.2) is 19.9 Å². The topological polar surface area (TPSA) is 54.8 Å². The lowest BCUT2D eigenvalue weighted by atomic mass is 10.1. The first kappa shape index (κ1) is 18.8. The lowest BCUT2D eigenvalue weighted by Gasteiger charge is -2.09. The molecule has 0 spiro atoms. The van der Waals surface area contributed by atoms with E-state index in [0.29, 0.717) is 11.3 Å². The molecule has 0 bridgehead atoms. The SMILES string of the molecule is Fc1cccc(NC(=S)Nc2ncn(Cc3cccc(C(F)(F)F)c3)n2)c1. The molecule has 0 unspecified atom stereocenters. The van der Waals surface area contributed by atoms with Gasteiger partial charge in [-0.2, -0.15) is 13.2 Å². The Morgan fingerprint density at radius 3 is 2.59 bits per heavy atom. The first-order valence-corrected chi connectivity index (χ1v) is 8.09. The molecule has 1 heterocycles. The van der Waals surface area contributed by atoms with E-state index in [2.05, 4.69) is 20.7 Å². The van der Waals surface area contributed by atoms with Gasteiger partial charge in [0, 0.05) is 5.69 Å². The van der Waals surface area contributed by atoms with Crippen molar-refractivity contribution in [2.24, 2.45) is 0 Å². The van der Waals surface area contributed by atoms with Crippen molar-refractivity contribution in [1.29, 1.82) is 0 Å².